The summed E-state index contributed by atoms with van der Waals surface area (Å²) in [7, 11) is 0. The number of rotatable bonds is 2. The molecule has 0 N–H and O–H groups in total. The summed E-state index contributed by atoms with van der Waals surface area (Å²) >= 11 is 16.3. The van der Waals surface area contributed by atoms with Crippen molar-refractivity contribution in [1.82, 2.24) is 4.05 Å². The Bertz CT molecular complexity index is 214. The zero-order valence-electron chi connectivity index (χ0n) is 5.42. The third-order valence-corrected chi connectivity index (χ3v) is 1.91. The summed E-state index contributed by atoms with van der Waals surface area (Å²) in [5, 5.41) is 0. The fourth-order valence-corrected chi connectivity index (χ4v) is 0.926. The highest BCUT2D eigenvalue weighted by Gasteiger charge is 2.07. The Morgan fingerprint density at radius 2 is 1.45 bits per heavy atom. The van der Waals surface area contributed by atoms with E-state index < -0.39 is 0 Å². The molecule has 0 aliphatic heterocycles. The van der Waals surface area contributed by atoms with Gasteiger partial charge in [-0.1, -0.05) is 18.2 Å². The lowest BCUT2D eigenvalue weighted by molar-refractivity contribution is 0.771. The first-order valence-electron chi connectivity index (χ1n) is 2.84. The Balaban J connectivity index is 2.77. The van der Waals surface area contributed by atoms with Crippen molar-refractivity contribution in [3.63, 3.8) is 0 Å². The molecule has 0 bridgehead atoms. The second kappa shape index (κ2) is 4.02. The molecule has 0 saturated heterocycles. The predicted octanol–water partition coefficient (Wildman–Crippen LogP) is 3.17. The number of halogens is 3. The van der Waals surface area contributed by atoms with Gasteiger partial charge >= 0.3 is 0 Å². The first-order chi connectivity index (χ1) is 5.22. The molecule has 60 valence electrons. The molecule has 1 rings (SSSR count). The van der Waals surface area contributed by atoms with Crippen LogP contribution in [0.2, 0.25) is 0 Å². The van der Waals surface area contributed by atoms with Gasteiger partial charge in [0.15, 0.2) is 0 Å². The van der Waals surface area contributed by atoms with E-state index in [9.17, 15) is 0 Å². The molecule has 1 aromatic carbocycles. The lowest BCUT2D eigenvalue weighted by Crippen LogP contribution is -2.17. The third-order valence-electron chi connectivity index (χ3n) is 1.10. The van der Waals surface area contributed by atoms with Crippen molar-refractivity contribution < 1.29 is 0 Å². The standard InChI is InChI=1S/C6H5Cl3N2/c7-10(11(8)9)6-4-2-1-3-5-6/h1-5H. The molecule has 0 spiro atoms. The van der Waals surface area contributed by atoms with Gasteiger partial charge in [0.1, 0.15) is 0 Å². The van der Waals surface area contributed by atoms with Crippen molar-refractivity contribution >= 4 is 41.0 Å². The molecule has 11 heavy (non-hydrogen) atoms. The van der Waals surface area contributed by atoms with Crippen LogP contribution >= 0.6 is 35.3 Å². The molecule has 0 aromatic heterocycles. The molecule has 0 amide bonds. The van der Waals surface area contributed by atoms with E-state index in [1.54, 1.807) is 12.1 Å². The Hall–Kier alpha value is -0.150. The summed E-state index contributed by atoms with van der Waals surface area (Å²) < 4.78 is 1.83. The largest absolute Gasteiger partial charge is 0.186 e. The van der Waals surface area contributed by atoms with E-state index in [2.05, 4.69) is 0 Å². The highest BCUT2D eigenvalue weighted by atomic mass is 35.5. The number of nitrogens with zero attached hydrogens (tertiary/aromatic N) is 2. The van der Waals surface area contributed by atoms with E-state index in [-0.39, 0.29) is 0 Å². The average Bonchev–Trinajstić information content (AvgIpc) is 2.05. The van der Waals surface area contributed by atoms with Gasteiger partial charge in [-0.2, -0.15) is 4.53 Å². The summed E-state index contributed by atoms with van der Waals surface area (Å²) in [4.78, 5) is 0. The van der Waals surface area contributed by atoms with Crippen molar-refractivity contribution in [1.29, 1.82) is 0 Å². The van der Waals surface area contributed by atoms with Crippen LogP contribution in [0.25, 0.3) is 0 Å². The minimum atomic E-state index is 0.708. The van der Waals surface area contributed by atoms with Crippen molar-refractivity contribution in [2.24, 2.45) is 0 Å². The van der Waals surface area contributed by atoms with Gasteiger partial charge in [-0.25, -0.2) is 0 Å². The van der Waals surface area contributed by atoms with Crippen LogP contribution in [0, 0.1) is 0 Å². The van der Waals surface area contributed by atoms with Gasteiger partial charge < -0.3 is 0 Å². The predicted molar refractivity (Wildman–Crippen MR) is 48.3 cm³/mol. The molecule has 0 unspecified atom stereocenters. The Morgan fingerprint density at radius 1 is 0.909 bits per heavy atom. The van der Waals surface area contributed by atoms with E-state index in [1.807, 2.05) is 18.2 Å². The molecule has 0 fully saturated rings. The van der Waals surface area contributed by atoms with Crippen LogP contribution in [0.3, 0.4) is 0 Å². The molecule has 1 aromatic rings. The van der Waals surface area contributed by atoms with Gasteiger partial charge in [0.25, 0.3) is 0 Å². The normalized spacial score (nSPS) is 10.2. The fraction of sp³-hybridized carbons (Fsp3) is 0. The maximum atomic E-state index is 5.64. The fourth-order valence-electron chi connectivity index (χ4n) is 0.638. The molecule has 0 atom stereocenters. The van der Waals surface area contributed by atoms with Crippen LogP contribution in [0.4, 0.5) is 5.69 Å². The van der Waals surface area contributed by atoms with Crippen LogP contribution in [-0.4, -0.2) is 4.05 Å². The van der Waals surface area contributed by atoms with Crippen LogP contribution in [-0.2, 0) is 0 Å². The van der Waals surface area contributed by atoms with Gasteiger partial charge in [0.05, 0.1) is 5.69 Å². The summed E-state index contributed by atoms with van der Waals surface area (Å²) in [6.07, 6.45) is 0. The van der Waals surface area contributed by atoms with Crippen molar-refractivity contribution in [2.75, 3.05) is 4.53 Å². The van der Waals surface area contributed by atoms with Gasteiger partial charge in [-0.05, 0) is 16.2 Å². The maximum Gasteiger partial charge on any atom is 0.0735 e. The lowest BCUT2D eigenvalue weighted by Gasteiger charge is -2.16. The SMILES string of the molecule is ClN(Cl)N(Cl)c1ccccc1. The Labute approximate surface area is 80.2 Å². The molecule has 5 heteroatoms. The second-order valence-electron chi connectivity index (χ2n) is 1.81. The summed E-state index contributed by atoms with van der Waals surface area (Å²) in [6.45, 7) is 0. The molecule has 0 radical (unpaired) electrons. The zero-order chi connectivity index (χ0) is 8.27. The van der Waals surface area contributed by atoms with Crippen molar-refractivity contribution in [3.8, 4) is 0 Å². The molecule has 0 saturated carbocycles. The average molecular weight is 211 g/mol. The third kappa shape index (κ3) is 2.42. The van der Waals surface area contributed by atoms with E-state index in [1.165, 1.54) is 0 Å². The smallest absolute Gasteiger partial charge is 0.0735 e. The molecular weight excluding hydrogens is 206 g/mol. The number of para-hydroxylation sites is 1. The number of hydrogen-bond acceptors (Lipinski definition) is 2. The van der Waals surface area contributed by atoms with E-state index in [4.69, 9.17) is 35.3 Å². The minimum absolute atomic E-state index is 0.708. The number of anilines is 1. The minimum Gasteiger partial charge on any atom is -0.186 e. The van der Waals surface area contributed by atoms with Crippen LogP contribution in [0.1, 0.15) is 0 Å². The van der Waals surface area contributed by atoms with Crippen LogP contribution in [0.5, 0.6) is 0 Å². The molecule has 2 nitrogen and oxygen atoms in total. The lowest BCUT2D eigenvalue weighted by atomic mass is 10.3. The van der Waals surface area contributed by atoms with Crippen LogP contribution < -0.4 is 4.53 Å². The van der Waals surface area contributed by atoms with Crippen molar-refractivity contribution in [3.05, 3.63) is 30.3 Å². The van der Waals surface area contributed by atoms with E-state index in [0.29, 0.717) is 5.69 Å². The molecular formula is C6H5Cl3N2. The van der Waals surface area contributed by atoms with Gasteiger partial charge in [0.2, 0.25) is 0 Å². The Kier molecular flexibility index (Phi) is 3.27. The quantitative estimate of drug-likeness (QED) is 0.548. The highest BCUT2D eigenvalue weighted by Crippen LogP contribution is 2.20. The van der Waals surface area contributed by atoms with E-state index in [0.717, 1.165) is 8.58 Å². The maximum absolute atomic E-state index is 5.64. The monoisotopic (exact) mass is 210 g/mol. The van der Waals surface area contributed by atoms with Crippen molar-refractivity contribution in [2.45, 2.75) is 0 Å². The topological polar surface area (TPSA) is 6.48 Å². The summed E-state index contributed by atoms with van der Waals surface area (Å²) in [5.74, 6) is 0. The van der Waals surface area contributed by atoms with Gasteiger partial charge in [-0.15, -0.1) is 0 Å². The van der Waals surface area contributed by atoms with Crippen LogP contribution in [0.15, 0.2) is 30.3 Å². The Morgan fingerprint density at radius 3 is 1.91 bits per heavy atom. The first-order valence-corrected chi connectivity index (χ1v) is 3.86. The number of hydrogen-bond donors (Lipinski definition) is 0. The molecule has 0 heterocycles. The molecule has 0 aliphatic rings. The number of benzene rings is 1. The number of hydrazine groups is 1. The summed E-state index contributed by atoms with van der Waals surface area (Å²) in [6, 6.07) is 9.11. The highest BCUT2D eigenvalue weighted by molar-refractivity contribution is 6.40. The second-order valence-corrected chi connectivity index (χ2v) is 2.94. The van der Waals surface area contributed by atoms with E-state index >= 15 is 0 Å². The zero-order valence-corrected chi connectivity index (χ0v) is 7.68. The van der Waals surface area contributed by atoms with Gasteiger partial charge in [0, 0.05) is 35.3 Å². The summed E-state index contributed by atoms with van der Waals surface area (Å²) in [5.41, 5.74) is 0.708. The molecule has 0 aliphatic carbocycles. The van der Waals surface area contributed by atoms with Gasteiger partial charge in [-0.3, -0.25) is 0 Å². The first kappa shape index (κ1) is 8.94.